The predicted octanol–water partition coefficient (Wildman–Crippen LogP) is 3.51. The second-order valence-electron chi connectivity index (χ2n) is 4.25. The van der Waals surface area contributed by atoms with E-state index in [2.05, 4.69) is 6.92 Å². The van der Waals surface area contributed by atoms with Crippen LogP contribution in [-0.4, -0.2) is 11.1 Å². The molecule has 0 atom stereocenters. The number of aromatic carboxylic acids is 1. The van der Waals surface area contributed by atoms with Gasteiger partial charge in [-0.25, -0.2) is 4.79 Å². The van der Waals surface area contributed by atoms with Crippen molar-refractivity contribution in [2.45, 2.75) is 26.4 Å². The number of rotatable bonds is 6. The van der Waals surface area contributed by atoms with Crippen molar-refractivity contribution in [2.75, 3.05) is 0 Å². The van der Waals surface area contributed by atoms with Gasteiger partial charge >= 0.3 is 5.97 Å². The lowest BCUT2D eigenvalue weighted by Gasteiger charge is -2.06. The highest BCUT2D eigenvalue weighted by Crippen LogP contribution is 2.17. The first-order chi connectivity index (χ1) is 9.20. The van der Waals surface area contributed by atoms with Gasteiger partial charge < -0.3 is 14.3 Å². The fourth-order valence-corrected chi connectivity index (χ4v) is 1.83. The summed E-state index contributed by atoms with van der Waals surface area (Å²) >= 11 is 0. The number of hydrogen-bond donors (Lipinski definition) is 1. The molecule has 1 aromatic heterocycles. The van der Waals surface area contributed by atoms with Crippen LogP contribution >= 0.6 is 0 Å². The average Bonchev–Trinajstić information content (AvgIpc) is 2.87. The summed E-state index contributed by atoms with van der Waals surface area (Å²) in [4.78, 5) is 10.9. The Labute approximate surface area is 111 Å². The molecule has 1 heterocycles. The van der Waals surface area contributed by atoms with Gasteiger partial charge in [0.1, 0.15) is 17.9 Å². The van der Waals surface area contributed by atoms with Crippen molar-refractivity contribution in [3.8, 4) is 5.75 Å². The number of hydrogen-bond acceptors (Lipinski definition) is 3. The molecule has 4 heteroatoms. The van der Waals surface area contributed by atoms with Gasteiger partial charge in [0.2, 0.25) is 0 Å². The smallest absolute Gasteiger partial charge is 0.339 e. The van der Waals surface area contributed by atoms with Gasteiger partial charge in [-0.3, -0.25) is 0 Å². The highest BCUT2D eigenvalue weighted by molar-refractivity contribution is 5.88. The van der Waals surface area contributed by atoms with Crippen LogP contribution in [-0.2, 0) is 13.0 Å². The number of aryl methyl sites for hydroxylation is 1. The van der Waals surface area contributed by atoms with Gasteiger partial charge in [-0.2, -0.15) is 0 Å². The number of carbonyl (C=O) groups is 1. The number of carboxylic acids is 1. The largest absolute Gasteiger partial charge is 0.486 e. The van der Waals surface area contributed by atoms with Crippen LogP contribution in [0.4, 0.5) is 0 Å². The summed E-state index contributed by atoms with van der Waals surface area (Å²) in [6.07, 6.45) is 3.50. The Kier molecular flexibility index (Phi) is 4.23. The standard InChI is InChI=1S/C15H16O4/c1-2-3-11-4-6-12(7-5-11)19-10-14-13(15(16)17)8-9-18-14/h4-9H,2-3,10H2,1H3,(H,16,17). The zero-order valence-corrected chi connectivity index (χ0v) is 10.8. The Morgan fingerprint density at radius 3 is 2.63 bits per heavy atom. The highest BCUT2D eigenvalue weighted by atomic mass is 16.5. The molecule has 4 nitrogen and oxygen atoms in total. The monoisotopic (exact) mass is 260 g/mol. The van der Waals surface area contributed by atoms with Crippen LogP contribution in [0, 0.1) is 0 Å². The lowest BCUT2D eigenvalue weighted by atomic mass is 10.1. The van der Waals surface area contributed by atoms with Crippen LogP contribution in [0.1, 0.15) is 35.0 Å². The highest BCUT2D eigenvalue weighted by Gasteiger charge is 2.13. The number of furan rings is 1. The summed E-state index contributed by atoms with van der Waals surface area (Å²) in [6.45, 7) is 2.25. The minimum atomic E-state index is -1.01. The van der Waals surface area contributed by atoms with E-state index >= 15 is 0 Å². The zero-order chi connectivity index (χ0) is 13.7. The Bertz CT molecular complexity index is 540. The molecule has 0 saturated carbocycles. The van der Waals surface area contributed by atoms with Crippen LogP contribution in [0.5, 0.6) is 5.75 Å². The fourth-order valence-electron chi connectivity index (χ4n) is 1.83. The summed E-state index contributed by atoms with van der Waals surface area (Å²) in [5.41, 5.74) is 1.40. The van der Waals surface area contributed by atoms with Crippen LogP contribution in [0.25, 0.3) is 0 Å². The minimum absolute atomic E-state index is 0.113. The van der Waals surface area contributed by atoms with Gasteiger partial charge in [0.05, 0.1) is 6.26 Å². The SMILES string of the molecule is CCCc1ccc(OCc2occc2C(=O)O)cc1. The van der Waals surface area contributed by atoms with Crippen LogP contribution < -0.4 is 4.74 Å². The Balaban J connectivity index is 1.98. The molecule has 100 valence electrons. The third-order valence-corrected chi connectivity index (χ3v) is 2.81. The van der Waals surface area contributed by atoms with E-state index in [4.69, 9.17) is 14.3 Å². The first-order valence-corrected chi connectivity index (χ1v) is 6.22. The van der Waals surface area contributed by atoms with Gasteiger partial charge in [0.15, 0.2) is 5.76 Å². The van der Waals surface area contributed by atoms with Crippen molar-refractivity contribution in [1.29, 1.82) is 0 Å². The third kappa shape index (κ3) is 3.37. The second kappa shape index (κ2) is 6.09. The second-order valence-corrected chi connectivity index (χ2v) is 4.25. The van der Waals surface area contributed by atoms with Gasteiger partial charge in [-0.1, -0.05) is 25.5 Å². The minimum Gasteiger partial charge on any atom is -0.486 e. The van der Waals surface area contributed by atoms with E-state index < -0.39 is 5.97 Å². The van der Waals surface area contributed by atoms with Gasteiger partial charge in [-0.15, -0.1) is 0 Å². The molecule has 0 bridgehead atoms. The van der Waals surface area contributed by atoms with Gasteiger partial charge in [0, 0.05) is 0 Å². The molecule has 0 unspecified atom stereocenters. The maximum absolute atomic E-state index is 10.9. The first-order valence-electron chi connectivity index (χ1n) is 6.22. The van der Waals surface area contributed by atoms with Crippen LogP contribution in [0.2, 0.25) is 0 Å². The first kappa shape index (κ1) is 13.2. The summed E-state index contributed by atoms with van der Waals surface area (Å²) in [6, 6.07) is 9.21. The van der Waals surface area contributed by atoms with Crippen molar-refractivity contribution in [2.24, 2.45) is 0 Å². The molecular weight excluding hydrogens is 244 g/mol. The average molecular weight is 260 g/mol. The maximum Gasteiger partial charge on any atom is 0.339 e. The number of ether oxygens (including phenoxy) is 1. The van der Waals surface area contributed by atoms with E-state index in [1.54, 1.807) is 0 Å². The molecule has 2 aromatic rings. The summed E-state index contributed by atoms with van der Waals surface area (Å²) in [5, 5.41) is 8.93. The molecule has 0 radical (unpaired) electrons. The van der Waals surface area contributed by atoms with E-state index in [9.17, 15) is 4.79 Å². The number of benzene rings is 1. The topological polar surface area (TPSA) is 59.7 Å². The summed E-state index contributed by atoms with van der Waals surface area (Å²) < 4.78 is 10.6. The Morgan fingerprint density at radius 2 is 2.00 bits per heavy atom. The van der Waals surface area contributed by atoms with E-state index in [-0.39, 0.29) is 12.2 Å². The molecule has 1 aromatic carbocycles. The van der Waals surface area contributed by atoms with Crippen molar-refractivity contribution in [3.63, 3.8) is 0 Å². The third-order valence-electron chi connectivity index (χ3n) is 2.81. The Morgan fingerprint density at radius 1 is 1.26 bits per heavy atom. The molecule has 0 aliphatic carbocycles. The molecular formula is C15H16O4. The predicted molar refractivity (Wildman–Crippen MR) is 70.4 cm³/mol. The summed E-state index contributed by atoms with van der Waals surface area (Å²) in [7, 11) is 0. The molecule has 1 N–H and O–H groups in total. The van der Waals surface area contributed by atoms with E-state index in [1.165, 1.54) is 17.9 Å². The molecule has 19 heavy (non-hydrogen) atoms. The zero-order valence-electron chi connectivity index (χ0n) is 10.8. The number of carboxylic acid groups (broad SMARTS) is 1. The molecule has 0 saturated heterocycles. The fraction of sp³-hybridized carbons (Fsp3) is 0.267. The lowest BCUT2D eigenvalue weighted by Crippen LogP contribution is -2.02. The van der Waals surface area contributed by atoms with Gasteiger partial charge in [-0.05, 0) is 30.2 Å². The lowest BCUT2D eigenvalue weighted by molar-refractivity contribution is 0.0692. The van der Waals surface area contributed by atoms with Crippen LogP contribution in [0.15, 0.2) is 41.0 Å². The molecule has 0 spiro atoms. The van der Waals surface area contributed by atoms with Crippen molar-refractivity contribution in [3.05, 3.63) is 53.5 Å². The van der Waals surface area contributed by atoms with Crippen molar-refractivity contribution in [1.82, 2.24) is 0 Å². The van der Waals surface area contributed by atoms with Gasteiger partial charge in [0.25, 0.3) is 0 Å². The van der Waals surface area contributed by atoms with Crippen LogP contribution in [0.3, 0.4) is 0 Å². The molecule has 0 amide bonds. The summed E-state index contributed by atoms with van der Waals surface area (Å²) in [5.74, 6) is 0.0170. The maximum atomic E-state index is 10.9. The van der Waals surface area contributed by atoms with Crippen molar-refractivity contribution >= 4 is 5.97 Å². The van der Waals surface area contributed by atoms with E-state index in [0.717, 1.165) is 12.8 Å². The Hall–Kier alpha value is -2.23. The molecule has 0 aliphatic heterocycles. The molecule has 2 rings (SSSR count). The normalized spacial score (nSPS) is 10.4. The van der Waals surface area contributed by atoms with E-state index in [1.807, 2.05) is 24.3 Å². The molecule has 0 fully saturated rings. The quantitative estimate of drug-likeness (QED) is 0.863. The van der Waals surface area contributed by atoms with E-state index in [0.29, 0.717) is 11.5 Å². The van der Waals surface area contributed by atoms with Crippen molar-refractivity contribution < 1.29 is 19.1 Å². The molecule has 0 aliphatic rings.